The molecule has 4 N–H and O–H groups in total. The first-order valence-electron chi connectivity index (χ1n) is 16.7. The van der Waals surface area contributed by atoms with Crippen LogP contribution in [-0.4, -0.2) is 20.4 Å². The van der Waals surface area contributed by atoms with E-state index in [0.29, 0.717) is 34.8 Å². The summed E-state index contributed by atoms with van der Waals surface area (Å²) >= 11 is 23.8. The summed E-state index contributed by atoms with van der Waals surface area (Å²) in [7, 11) is 0. The SMILES string of the molecule is CCC(C)c1cc(Cl)c(C)cc1O.CCCc1cc(Cl)c(C)cc1O.CCc1c(O)cc(C)c(Cl)c1C.Cc1cc(O)c(C(C)C)cc1Cl. The summed E-state index contributed by atoms with van der Waals surface area (Å²) in [6.45, 7) is 21.8. The molecule has 0 fully saturated rings. The van der Waals surface area contributed by atoms with E-state index in [0.717, 1.165) is 95.8 Å². The lowest BCUT2D eigenvalue weighted by Gasteiger charge is -2.12. The number of hydrogen-bond acceptors (Lipinski definition) is 4. The van der Waals surface area contributed by atoms with Gasteiger partial charge in [0.05, 0.1) is 0 Å². The van der Waals surface area contributed by atoms with Gasteiger partial charge in [0.25, 0.3) is 0 Å². The van der Waals surface area contributed by atoms with Crippen LogP contribution in [0.5, 0.6) is 23.0 Å². The van der Waals surface area contributed by atoms with Crippen LogP contribution < -0.4 is 0 Å². The molecule has 0 bridgehead atoms. The minimum Gasteiger partial charge on any atom is -0.508 e. The Morgan fingerprint density at radius 2 is 0.980 bits per heavy atom. The third-order valence-corrected chi connectivity index (χ3v) is 10.2. The summed E-state index contributed by atoms with van der Waals surface area (Å²) in [4.78, 5) is 0. The van der Waals surface area contributed by atoms with Crippen molar-refractivity contribution in [1.82, 2.24) is 0 Å². The smallest absolute Gasteiger partial charge is 0.119 e. The van der Waals surface area contributed by atoms with E-state index in [1.54, 1.807) is 24.3 Å². The molecule has 0 amide bonds. The Labute approximate surface area is 314 Å². The quantitative estimate of drug-likeness (QED) is 0.158. The van der Waals surface area contributed by atoms with Crippen molar-refractivity contribution in [3.63, 3.8) is 0 Å². The molecule has 0 spiro atoms. The summed E-state index contributed by atoms with van der Waals surface area (Å²) in [5.74, 6) is 2.08. The van der Waals surface area contributed by atoms with Crippen LogP contribution in [0.15, 0.2) is 42.5 Å². The largest absolute Gasteiger partial charge is 0.508 e. The Morgan fingerprint density at radius 3 is 1.43 bits per heavy atom. The van der Waals surface area contributed by atoms with Crippen molar-refractivity contribution in [3.8, 4) is 23.0 Å². The fourth-order valence-electron chi connectivity index (χ4n) is 5.04. The molecule has 49 heavy (non-hydrogen) atoms. The van der Waals surface area contributed by atoms with E-state index in [1.165, 1.54) is 0 Å². The van der Waals surface area contributed by atoms with E-state index < -0.39 is 0 Å². The van der Waals surface area contributed by atoms with Gasteiger partial charge in [-0.3, -0.25) is 0 Å². The maximum Gasteiger partial charge on any atom is 0.119 e. The molecule has 0 saturated carbocycles. The number of aryl methyl sites for hydroxylation is 5. The molecule has 0 aliphatic carbocycles. The van der Waals surface area contributed by atoms with Gasteiger partial charge >= 0.3 is 0 Å². The van der Waals surface area contributed by atoms with Crippen molar-refractivity contribution >= 4 is 46.4 Å². The van der Waals surface area contributed by atoms with Gasteiger partial charge in [-0.05, 0) is 158 Å². The Kier molecular flexibility index (Phi) is 18.8. The second-order valence-electron chi connectivity index (χ2n) is 12.7. The van der Waals surface area contributed by atoms with Crippen LogP contribution in [0.25, 0.3) is 0 Å². The normalized spacial score (nSPS) is 11.1. The average Bonchev–Trinajstić information content (AvgIpc) is 3.03. The van der Waals surface area contributed by atoms with Gasteiger partial charge in [-0.25, -0.2) is 0 Å². The van der Waals surface area contributed by atoms with Crippen LogP contribution in [0.2, 0.25) is 20.1 Å². The van der Waals surface area contributed by atoms with E-state index in [9.17, 15) is 20.4 Å². The first-order valence-corrected chi connectivity index (χ1v) is 18.2. The molecule has 8 heteroatoms. The lowest BCUT2D eigenvalue weighted by molar-refractivity contribution is 0.461. The number of hydrogen-bond donors (Lipinski definition) is 4. The van der Waals surface area contributed by atoms with E-state index in [1.807, 2.05) is 73.6 Å². The molecule has 0 heterocycles. The standard InChI is InChI=1S/C11H15ClO.3C10H13ClO/c1-4-7(2)9-6-10(12)8(3)5-11(9)13;1-6(2)8-5-9(11)7(3)4-10(8)12;1-4-8-7(3)10(11)6(2)5-9(8)12;1-3-4-8-6-9(11)7(2)5-10(8)12/h5-7,13H,4H2,1-3H3;4-6,12H,1-3H3;5,12H,4H2,1-3H3;5-6,12H,3-4H2,1-2H3. The number of rotatable bonds is 6. The predicted octanol–water partition coefficient (Wildman–Crippen LogP) is 13.9. The highest BCUT2D eigenvalue weighted by atomic mass is 35.5. The average molecular weight is 753 g/mol. The van der Waals surface area contributed by atoms with Crippen molar-refractivity contribution in [3.05, 3.63) is 113 Å². The van der Waals surface area contributed by atoms with Crippen molar-refractivity contribution < 1.29 is 20.4 Å². The van der Waals surface area contributed by atoms with Crippen molar-refractivity contribution in [2.75, 3.05) is 0 Å². The molecule has 0 radical (unpaired) electrons. The zero-order valence-corrected chi connectivity index (χ0v) is 33.8. The molecule has 1 unspecified atom stereocenters. The zero-order valence-electron chi connectivity index (χ0n) is 30.8. The lowest BCUT2D eigenvalue weighted by atomic mass is 9.96. The summed E-state index contributed by atoms with van der Waals surface area (Å²) in [5.41, 5.74) is 8.43. The topological polar surface area (TPSA) is 80.9 Å². The van der Waals surface area contributed by atoms with Gasteiger partial charge in [0.15, 0.2) is 0 Å². The van der Waals surface area contributed by atoms with Crippen molar-refractivity contribution in [1.29, 1.82) is 0 Å². The first-order chi connectivity index (χ1) is 22.8. The predicted molar refractivity (Wildman–Crippen MR) is 212 cm³/mol. The lowest BCUT2D eigenvalue weighted by Crippen LogP contribution is -1.92. The molecular formula is C41H54Cl4O4. The Hall–Kier alpha value is -2.76. The maximum absolute atomic E-state index is 9.66. The van der Waals surface area contributed by atoms with Crippen LogP contribution in [0.1, 0.15) is 116 Å². The zero-order chi connectivity index (χ0) is 37.7. The van der Waals surface area contributed by atoms with Gasteiger partial charge in [-0.1, -0.05) is 94.4 Å². The Morgan fingerprint density at radius 1 is 0.551 bits per heavy atom. The molecule has 4 aromatic carbocycles. The highest BCUT2D eigenvalue weighted by molar-refractivity contribution is 6.32. The molecule has 4 rings (SSSR count). The van der Waals surface area contributed by atoms with Crippen molar-refractivity contribution in [2.24, 2.45) is 0 Å². The summed E-state index contributed by atoms with van der Waals surface area (Å²) in [6, 6.07) is 12.4. The van der Waals surface area contributed by atoms with Crippen LogP contribution >= 0.6 is 46.4 Å². The van der Waals surface area contributed by atoms with Gasteiger partial charge in [-0.15, -0.1) is 0 Å². The first kappa shape index (κ1) is 44.3. The van der Waals surface area contributed by atoms with Crippen molar-refractivity contribution in [2.45, 2.75) is 114 Å². The fourth-order valence-corrected chi connectivity index (χ4v) is 5.74. The second-order valence-corrected chi connectivity index (χ2v) is 14.3. The third kappa shape index (κ3) is 13.1. The van der Waals surface area contributed by atoms with Crippen LogP contribution in [0, 0.1) is 34.6 Å². The molecule has 270 valence electrons. The minimum atomic E-state index is 0.308. The number of benzene rings is 4. The Balaban J connectivity index is 0.000000327. The van der Waals surface area contributed by atoms with Gasteiger partial charge in [0, 0.05) is 20.1 Å². The van der Waals surface area contributed by atoms with Gasteiger partial charge in [-0.2, -0.15) is 0 Å². The van der Waals surface area contributed by atoms with Crippen LogP contribution in [0.3, 0.4) is 0 Å². The second kappa shape index (κ2) is 20.8. The van der Waals surface area contributed by atoms with Gasteiger partial charge in [0.2, 0.25) is 0 Å². The van der Waals surface area contributed by atoms with Gasteiger partial charge < -0.3 is 20.4 Å². The van der Waals surface area contributed by atoms with E-state index in [4.69, 9.17) is 46.4 Å². The van der Waals surface area contributed by atoms with Crippen LogP contribution in [0.4, 0.5) is 0 Å². The van der Waals surface area contributed by atoms with E-state index in [2.05, 4.69) is 20.8 Å². The molecule has 1 atom stereocenters. The molecule has 0 saturated heterocycles. The third-order valence-electron chi connectivity index (χ3n) is 8.40. The van der Waals surface area contributed by atoms with E-state index in [-0.39, 0.29) is 0 Å². The summed E-state index contributed by atoms with van der Waals surface area (Å²) < 4.78 is 0. The minimum absolute atomic E-state index is 0.308. The van der Waals surface area contributed by atoms with E-state index >= 15 is 0 Å². The number of phenolic OH excluding ortho intramolecular Hbond substituents is 4. The highest BCUT2D eigenvalue weighted by Crippen LogP contribution is 2.33. The molecule has 0 aliphatic heterocycles. The summed E-state index contributed by atoms with van der Waals surface area (Å²) in [6.07, 6.45) is 3.73. The highest BCUT2D eigenvalue weighted by Gasteiger charge is 2.11. The number of aromatic hydroxyl groups is 4. The molecule has 0 aliphatic rings. The van der Waals surface area contributed by atoms with Crippen LogP contribution in [-0.2, 0) is 12.8 Å². The van der Waals surface area contributed by atoms with Gasteiger partial charge in [0.1, 0.15) is 23.0 Å². The monoisotopic (exact) mass is 750 g/mol. The maximum atomic E-state index is 9.66. The Bertz CT molecular complexity index is 1680. The molecule has 0 aromatic heterocycles. The number of halogens is 4. The molecular weight excluding hydrogens is 698 g/mol. The molecule has 4 aromatic rings. The fraction of sp³-hybridized carbons (Fsp3) is 0.415. The molecule has 4 nitrogen and oxygen atoms in total. The summed E-state index contributed by atoms with van der Waals surface area (Å²) in [5, 5.41) is 41.2. The number of phenols is 4.